The number of carbonyl (C=O) groups excluding carboxylic acids is 3. The lowest BCUT2D eigenvalue weighted by Gasteiger charge is -2.26. The van der Waals surface area contributed by atoms with Gasteiger partial charge in [-0.05, 0) is 77.0 Å². The van der Waals surface area contributed by atoms with E-state index >= 15 is 0 Å². The Morgan fingerprint density at radius 2 is 0.713 bits per heavy atom. The van der Waals surface area contributed by atoms with E-state index in [4.69, 9.17) is 18.9 Å². The van der Waals surface area contributed by atoms with Gasteiger partial charge in [0.25, 0.3) is 0 Å². The van der Waals surface area contributed by atoms with Crippen molar-refractivity contribution in [3.05, 3.63) is 72.9 Å². The zero-order valence-electron chi connectivity index (χ0n) is 52.9. The Labute approximate surface area is 494 Å². The normalized spacial score (nSPS) is 13.2. The average Bonchev–Trinajstić information content (AvgIpc) is 3.43. The molecule has 0 aliphatic heterocycles. The predicted molar refractivity (Wildman–Crippen MR) is 338 cm³/mol. The monoisotopic (exact) mass is 1120 g/mol. The minimum atomic E-state index is -1.62. The molecule has 0 heterocycles. The number of carboxylic acid groups (broad SMARTS) is 1. The number of allylic oxidation sites excluding steroid dienone is 12. The van der Waals surface area contributed by atoms with Crippen LogP contribution < -0.4 is 5.11 Å². The van der Waals surface area contributed by atoms with Crippen LogP contribution in [-0.2, 0) is 33.3 Å². The fourth-order valence-corrected chi connectivity index (χ4v) is 9.55. The summed E-state index contributed by atoms with van der Waals surface area (Å²) in [5, 5.41) is 11.8. The van der Waals surface area contributed by atoms with Crippen molar-refractivity contribution in [3.8, 4) is 0 Å². The van der Waals surface area contributed by atoms with E-state index in [0.717, 1.165) is 89.9 Å². The molecule has 0 fully saturated rings. The number of rotatable bonds is 62. The first-order valence-corrected chi connectivity index (χ1v) is 33.6. The summed E-state index contributed by atoms with van der Waals surface area (Å²) >= 11 is 0. The van der Waals surface area contributed by atoms with Gasteiger partial charge < -0.3 is 33.3 Å². The second kappa shape index (κ2) is 61.8. The standard InChI is InChI=1S/C71H127NO8/c1-6-8-10-12-14-16-18-20-22-23-24-25-26-27-28-29-30-31-32-33-34-35-36-37-38-39-40-41-42-43-44-45-46-47-48-50-52-54-56-58-60-62-69(74)80-67(66-79-71(70(75)76)77-64-63-72(3,4)5)65-78-68(73)61-59-57-55-53-51-49-21-19-17-15-13-11-9-7-2/h8,10,13-16,19-22,24-25,67,71H,6-7,9,11-12,17-18,23,26-66H2,1-5H3/b10-8-,15-13-,16-14-,21-19-,22-20-,25-24-. The molecule has 0 radical (unpaired) electrons. The Kier molecular flexibility index (Phi) is 59.3. The quantitative estimate of drug-likeness (QED) is 0.0195. The van der Waals surface area contributed by atoms with Crippen molar-refractivity contribution < 1.29 is 42.9 Å². The van der Waals surface area contributed by atoms with E-state index in [1.54, 1.807) is 0 Å². The van der Waals surface area contributed by atoms with Crippen LogP contribution in [0.5, 0.6) is 0 Å². The Morgan fingerprint density at radius 1 is 0.388 bits per heavy atom. The maximum atomic E-state index is 12.9. The molecule has 0 aliphatic carbocycles. The molecule has 0 bridgehead atoms. The summed E-state index contributed by atoms with van der Waals surface area (Å²) in [5.41, 5.74) is 0. The van der Waals surface area contributed by atoms with Crippen LogP contribution in [0.3, 0.4) is 0 Å². The number of quaternary nitrogens is 1. The van der Waals surface area contributed by atoms with Gasteiger partial charge in [-0.3, -0.25) is 9.59 Å². The largest absolute Gasteiger partial charge is 0.545 e. The maximum absolute atomic E-state index is 12.9. The van der Waals surface area contributed by atoms with Crippen LogP contribution in [0.4, 0.5) is 0 Å². The lowest BCUT2D eigenvalue weighted by Crippen LogP contribution is -2.44. The molecule has 0 N–H and O–H groups in total. The number of likely N-dealkylation sites (N-methyl/N-ethyl adjacent to an activating group) is 1. The Morgan fingerprint density at radius 3 is 1.06 bits per heavy atom. The smallest absolute Gasteiger partial charge is 0.306 e. The number of ether oxygens (including phenoxy) is 4. The van der Waals surface area contributed by atoms with Gasteiger partial charge in [0.2, 0.25) is 0 Å². The first-order chi connectivity index (χ1) is 39.1. The highest BCUT2D eigenvalue weighted by Gasteiger charge is 2.22. The van der Waals surface area contributed by atoms with E-state index in [1.807, 2.05) is 21.1 Å². The molecule has 0 aromatic heterocycles. The molecule has 0 rings (SSSR count). The van der Waals surface area contributed by atoms with Gasteiger partial charge in [0.05, 0.1) is 40.3 Å². The molecule has 0 aromatic carbocycles. The molecule has 0 amide bonds. The molecule has 80 heavy (non-hydrogen) atoms. The first-order valence-electron chi connectivity index (χ1n) is 33.6. The highest BCUT2D eigenvalue weighted by molar-refractivity contribution is 5.70. The van der Waals surface area contributed by atoms with Gasteiger partial charge in [0.15, 0.2) is 12.4 Å². The molecule has 0 aromatic rings. The van der Waals surface area contributed by atoms with Gasteiger partial charge in [-0.1, -0.05) is 286 Å². The second-order valence-corrected chi connectivity index (χ2v) is 23.7. The maximum Gasteiger partial charge on any atom is 0.306 e. The Hall–Kier alpha value is -3.27. The zero-order valence-corrected chi connectivity index (χ0v) is 52.9. The van der Waals surface area contributed by atoms with Crippen LogP contribution in [-0.4, -0.2) is 82.3 Å². The van der Waals surface area contributed by atoms with Crippen LogP contribution >= 0.6 is 0 Å². The number of esters is 2. The predicted octanol–water partition coefficient (Wildman–Crippen LogP) is 19.2. The van der Waals surface area contributed by atoms with Crippen LogP contribution in [0.15, 0.2) is 72.9 Å². The Balaban J connectivity index is 3.91. The number of hydrogen-bond acceptors (Lipinski definition) is 8. The molecule has 464 valence electrons. The van der Waals surface area contributed by atoms with Crippen molar-refractivity contribution in [1.82, 2.24) is 0 Å². The molecular weight excluding hydrogens is 995 g/mol. The molecular formula is C71H127NO8. The summed E-state index contributed by atoms with van der Waals surface area (Å²) in [4.78, 5) is 37.3. The third-order valence-corrected chi connectivity index (χ3v) is 14.7. The first kappa shape index (κ1) is 76.7. The molecule has 2 unspecified atom stereocenters. The van der Waals surface area contributed by atoms with Crippen molar-refractivity contribution in [2.75, 3.05) is 47.5 Å². The fraction of sp³-hybridized carbons (Fsp3) is 0.789. The van der Waals surface area contributed by atoms with Gasteiger partial charge in [0, 0.05) is 12.8 Å². The van der Waals surface area contributed by atoms with Crippen LogP contribution in [0.25, 0.3) is 0 Å². The summed E-state index contributed by atoms with van der Waals surface area (Å²) < 4.78 is 22.7. The second-order valence-electron chi connectivity index (χ2n) is 23.7. The zero-order chi connectivity index (χ0) is 58.3. The number of nitrogens with zero attached hydrogens (tertiary/aromatic N) is 1. The SMILES string of the molecule is CC/C=C\C/C=C\C/C=C\C/C=C\CCCCCCCCCCCCCCCCCCCCCCCCCCCCCCC(=O)OC(COC(=O)CCCCCCC/C=C\C/C=C\CCCC)COC(OCC[N+](C)(C)C)C(=O)[O-]. The van der Waals surface area contributed by atoms with Gasteiger partial charge in [-0.2, -0.15) is 0 Å². The summed E-state index contributed by atoms with van der Waals surface area (Å²) in [6.07, 6.45) is 78.7. The summed E-state index contributed by atoms with van der Waals surface area (Å²) in [5.74, 6) is -2.29. The van der Waals surface area contributed by atoms with Crippen LogP contribution in [0, 0.1) is 0 Å². The number of carbonyl (C=O) groups is 3. The topological polar surface area (TPSA) is 111 Å². The van der Waals surface area contributed by atoms with E-state index in [1.165, 1.54) is 180 Å². The minimum Gasteiger partial charge on any atom is -0.545 e. The molecule has 0 saturated carbocycles. The molecule has 0 spiro atoms. The van der Waals surface area contributed by atoms with Crippen LogP contribution in [0.1, 0.15) is 303 Å². The highest BCUT2D eigenvalue weighted by atomic mass is 16.7. The number of hydrogen-bond donors (Lipinski definition) is 0. The number of aliphatic carboxylic acids is 1. The molecule has 9 nitrogen and oxygen atoms in total. The van der Waals surface area contributed by atoms with E-state index in [0.29, 0.717) is 17.4 Å². The van der Waals surface area contributed by atoms with Gasteiger partial charge >= 0.3 is 11.9 Å². The van der Waals surface area contributed by atoms with Gasteiger partial charge in [0.1, 0.15) is 13.2 Å². The lowest BCUT2D eigenvalue weighted by molar-refractivity contribution is -0.870. The van der Waals surface area contributed by atoms with Crippen LogP contribution in [0.2, 0.25) is 0 Å². The molecule has 0 aliphatic rings. The fourth-order valence-electron chi connectivity index (χ4n) is 9.55. The van der Waals surface area contributed by atoms with Crippen molar-refractivity contribution in [2.24, 2.45) is 0 Å². The molecule has 9 heteroatoms. The minimum absolute atomic E-state index is 0.146. The van der Waals surface area contributed by atoms with E-state index < -0.39 is 24.3 Å². The Bertz CT molecular complexity index is 1540. The molecule has 0 saturated heterocycles. The summed E-state index contributed by atoms with van der Waals surface area (Å²) in [6.45, 7) is 4.60. The third kappa shape index (κ3) is 62.3. The lowest BCUT2D eigenvalue weighted by atomic mass is 10.0. The number of carboxylic acids is 1. The number of unbranched alkanes of at least 4 members (excludes halogenated alkanes) is 35. The van der Waals surface area contributed by atoms with Gasteiger partial charge in [-0.25, -0.2) is 0 Å². The van der Waals surface area contributed by atoms with Gasteiger partial charge in [-0.15, -0.1) is 0 Å². The summed E-state index contributed by atoms with van der Waals surface area (Å²) in [7, 11) is 5.92. The molecule has 2 atom stereocenters. The van der Waals surface area contributed by atoms with Crippen molar-refractivity contribution >= 4 is 17.9 Å². The third-order valence-electron chi connectivity index (χ3n) is 14.7. The highest BCUT2D eigenvalue weighted by Crippen LogP contribution is 2.18. The summed E-state index contributed by atoms with van der Waals surface area (Å²) in [6, 6.07) is 0. The van der Waals surface area contributed by atoms with Crippen molar-refractivity contribution in [3.63, 3.8) is 0 Å². The van der Waals surface area contributed by atoms with E-state index in [2.05, 4.69) is 86.8 Å². The van der Waals surface area contributed by atoms with E-state index in [-0.39, 0.29) is 38.6 Å². The van der Waals surface area contributed by atoms with Crippen molar-refractivity contribution in [1.29, 1.82) is 0 Å². The average molecular weight is 1120 g/mol. The van der Waals surface area contributed by atoms with Crippen molar-refractivity contribution in [2.45, 2.75) is 315 Å². The van der Waals surface area contributed by atoms with E-state index in [9.17, 15) is 19.5 Å².